The standard InChI is InChI=1S/C31H38Cl2FN3O3/c1-18(5-4-8-21(33)17-34)27-28(29(39)35-22-10-12-23(38)13-11-22)37-26(15-19-6-2-3-7-19)31(27)24-14-9-20(32)16-25(24)36-30(31)40/h4-5,8-9,14,16,19,22-23,26-28,37-38H,1-3,6-7,10-13,15,17H2,(H,35,39)(H,36,40)/b5-4-,21-8+/t22?,23?,26-,27+,28-,31+/m1/s1. The van der Waals surface area contributed by atoms with Crippen molar-refractivity contribution in [2.75, 3.05) is 12.0 Å². The van der Waals surface area contributed by atoms with Gasteiger partial charge in [-0.2, -0.15) is 0 Å². The number of hydrogen-bond acceptors (Lipinski definition) is 4. The largest absolute Gasteiger partial charge is 0.393 e. The third-order valence-corrected chi connectivity index (χ3v) is 9.75. The van der Waals surface area contributed by atoms with Crippen LogP contribution in [0.25, 0.3) is 0 Å². The smallest absolute Gasteiger partial charge is 0.238 e. The number of fused-ring (bicyclic) bond motifs is 2. The molecule has 6 nitrogen and oxygen atoms in total. The number of alkyl halides is 1. The summed E-state index contributed by atoms with van der Waals surface area (Å²) in [4.78, 5) is 28.2. The van der Waals surface area contributed by atoms with Gasteiger partial charge in [-0.15, -0.1) is 0 Å². The maximum absolute atomic E-state index is 14.2. The number of hydrogen-bond donors (Lipinski definition) is 4. The summed E-state index contributed by atoms with van der Waals surface area (Å²) in [5.41, 5.74) is 0.964. The Bertz CT molecular complexity index is 1210. The maximum atomic E-state index is 14.2. The molecule has 1 saturated heterocycles. The minimum Gasteiger partial charge on any atom is -0.393 e. The van der Waals surface area contributed by atoms with Crippen LogP contribution in [0.4, 0.5) is 10.1 Å². The Hall–Kier alpha value is -2.19. The van der Waals surface area contributed by atoms with Gasteiger partial charge in [0, 0.05) is 33.7 Å². The van der Waals surface area contributed by atoms with Crippen LogP contribution in [0, 0.1) is 11.8 Å². The van der Waals surface area contributed by atoms with E-state index in [-0.39, 0.29) is 35.0 Å². The third kappa shape index (κ3) is 5.63. The first kappa shape index (κ1) is 29.3. The predicted molar refractivity (Wildman–Crippen MR) is 157 cm³/mol. The molecule has 4 N–H and O–H groups in total. The number of benzene rings is 1. The van der Waals surface area contributed by atoms with Crippen molar-refractivity contribution < 1.29 is 19.1 Å². The average Bonchev–Trinajstić information content (AvgIpc) is 3.63. The van der Waals surface area contributed by atoms with Gasteiger partial charge >= 0.3 is 0 Å². The number of rotatable bonds is 8. The lowest BCUT2D eigenvalue weighted by atomic mass is 9.63. The lowest BCUT2D eigenvalue weighted by molar-refractivity contribution is -0.125. The minimum absolute atomic E-state index is 0.0400. The first-order valence-corrected chi connectivity index (χ1v) is 15.1. The van der Waals surface area contributed by atoms with Gasteiger partial charge in [0.15, 0.2) is 0 Å². The number of carbonyl (C=O) groups is 2. The highest BCUT2D eigenvalue weighted by atomic mass is 35.5. The summed E-state index contributed by atoms with van der Waals surface area (Å²) in [5, 5.41) is 20.4. The van der Waals surface area contributed by atoms with Crippen molar-refractivity contribution in [1.29, 1.82) is 0 Å². The molecule has 1 spiro atoms. The first-order valence-electron chi connectivity index (χ1n) is 14.4. The molecule has 2 heterocycles. The van der Waals surface area contributed by atoms with E-state index in [4.69, 9.17) is 23.2 Å². The molecule has 2 aliphatic heterocycles. The van der Waals surface area contributed by atoms with Crippen molar-refractivity contribution in [3.05, 3.63) is 64.2 Å². The van der Waals surface area contributed by atoms with Gasteiger partial charge in [0.05, 0.1) is 12.1 Å². The van der Waals surface area contributed by atoms with Crippen molar-refractivity contribution in [2.45, 2.75) is 87.4 Å². The first-order chi connectivity index (χ1) is 19.2. The zero-order valence-electron chi connectivity index (χ0n) is 22.6. The normalized spacial score (nSPS) is 32.5. The van der Waals surface area contributed by atoms with Gasteiger partial charge in [-0.05, 0) is 67.4 Å². The Morgan fingerprint density at radius 2 is 1.93 bits per heavy atom. The molecule has 2 amide bonds. The topological polar surface area (TPSA) is 90.5 Å². The van der Waals surface area contributed by atoms with Crippen molar-refractivity contribution in [2.24, 2.45) is 11.8 Å². The fraction of sp³-hybridized carbons (Fsp3) is 0.548. The molecule has 40 heavy (non-hydrogen) atoms. The second-order valence-electron chi connectivity index (χ2n) is 11.8. The number of carbonyl (C=O) groups excluding carboxylic acids is 2. The number of aliphatic hydroxyl groups is 1. The van der Waals surface area contributed by atoms with Crippen LogP contribution in [0.3, 0.4) is 0 Å². The molecule has 2 saturated carbocycles. The number of halogens is 3. The third-order valence-electron chi connectivity index (χ3n) is 9.29. The van der Waals surface area contributed by atoms with Crippen LogP contribution < -0.4 is 16.0 Å². The van der Waals surface area contributed by atoms with E-state index in [0.717, 1.165) is 24.8 Å². The summed E-state index contributed by atoms with van der Waals surface area (Å²) >= 11 is 12.2. The summed E-state index contributed by atoms with van der Waals surface area (Å²) in [6, 6.07) is 4.38. The summed E-state index contributed by atoms with van der Waals surface area (Å²) < 4.78 is 13.0. The molecule has 0 bridgehead atoms. The monoisotopic (exact) mass is 589 g/mol. The highest BCUT2D eigenvalue weighted by Gasteiger charge is 2.65. The fourth-order valence-electron chi connectivity index (χ4n) is 7.41. The van der Waals surface area contributed by atoms with Gasteiger partial charge in [-0.3, -0.25) is 9.59 Å². The Balaban J connectivity index is 1.56. The lowest BCUT2D eigenvalue weighted by Gasteiger charge is -2.36. The number of allylic oxidation sites excluding steroid dienone is 4. The quantitative estimate of drug-likeness (QED) is 0.293. The molecular formula is C31H38Cl2FN3O3. The van der Waals surface area contributed by atoms with E-state index in [1.165, 1.54) is 18.9 Å². The SMILES string of the molecule is C=C(/C=C\C=C(\Cl)CF)[C@H]1[C@H](C(=O)NC2CCC(O)CC2)N[C@H](CC2CCCC2)[C@]12C(=O)Nc1cc(Cl)ccc12. The summed E-state index contributed by atoms with van der Waals surface area (Å²) in [6.45, 7) is 3.56. The van der Waals surface area contributed by atoms with Crippen molar-refractivity contribution in [1.82, 2.24) is 10.6 Å². The van der Waals surface area contributed by atoms with Gasteiger partial charge in [-0.1, -0.05) is 73.7 Å². The number of anilines is 1. The number of aliphatic hydroxyl groups excluding tert-OH is 1. The molecule has 216 valence electrons. The Morgan fingerprint density at radius 1 is 1.20 bits per heavy atom. The van der Waals surface area contributed by atoms with Crippen molar-refractivity contribution >= 4 is 40.7 Å². The zero-order chi connectivity index (χ0) is 28.4. The lowest BCUT2D eigenvalue weighted by Crippen LogP contribution is -2.51. The van der Waals surface area contributed by atoms with Gasteiger partial charge in [0.25, 0.3) is 0 Å². The molecule has 9 heteroatoms. The van der Waals surface area contributed by atoms with Gasteiger partial charge in [-0.25, -0.2) is 4.39 Å². The van der Waals surface area contributed by atoms with E-state index in [1.807, 2.05) is 6.07 Å². The molecule has 4 atom stereocenters. The van der Waals surface area contributed by atoms with E-state index < -0.39 is 24.0 Å². The molecular weight excluding hydrogens is 552 g/mol. The molecule has 1 aromatic carbocycles. The average molecular weight is 591 g/mol. The van der Waals surface area contributed by atoms with Crippen molar-refractivity contribution in [3.63, 3.8) is 0 Å². The fourth-order valence-corrected chi connectivity index (χ4v) is 7.65. The molecule has 0 aromatic heterocycles. The molecule has 3 fully saturated rings. The van der Waals surface area contributed by atoms with Crippen LogP contribution in [-0.4, -0.2) is 47.8 Å². The zero-order valence-corrected chi connectivity index (χ0v) is 24.1. The number of nitrogens with one attached hydrogen (secondary N) is 3. The van der Waals surface area contributed by atoms with E-state index in [9.17, 15) is 19.1 Å². The molecule has 0 radical (unpaired) electrons. The molecule has 1 aromatic rings. The van der Waals surface area contributed by atoms with Crippen LogP contribution in [0.15, 0.2) is 53.6 Å². The van der Waals surface area contributed by atoms with Crippen LogP contribution in [0.5, 0.6) is 0 Å². The summed E-state index contributed by atoms with van der Waals surface area (Å²) in [6.07, 6.45) is 12.5. The van der Waals surface area contributed by atoms with Crippen LogP contribution in [0.1, 0.15) is 63.4 Å². The molecule has 2 aliphatic carbocycles. The Morgan fingerprint density at radius 3 is 2.62 bits per heavy atom. The maximum Gasteiger partial charge on any atom is 0.238 e. The van der Waals surface area contributed by atoms with Crippen LogP contribution in [0.2, 0.25) is 5.02 Å². The Labute approximate surface area is 245 Å². The van der Waals surface area contributed by atoms with E-state index in [1.54, 1.807) is 24.3 Å². The highest BCUT2D eigenvalue weighted by molar-refractivity contribution is 6.31. The summed E-state index contributed by atoms with van der Waals surface area (Å²) in [5.74, 6) is -0.504. The summed E-state index contributed by atoms with van der Waals surface area (Å²) in [7, 11) is 0. The van der Waals surface area contributed by atoms with Crippen LogP contribution in [-0.2, 0) is 15.0 Å². The Kier molecular flexibility index (Phi) is 9.05. The van der Waals surface area contributed by atoms with E-state index >= 15 is 0 Å². The van der Waals surface area contributed by atoms with Gasteiger partial charge < -0.3 is 21.1 Å². The molecule has 5 rings (SSSR count). The minimum atomic E-state index is -1.08. The van der Waals surface area contributed by atoms with E-state index in [2.05, 4.69) is 22.5 Å². The van der Waals surface area contributed by atoms with Gasteiger partial charge in [0.2, 0.25) is 11.8 Å². The van der Waals surface area contributed by atoms with E-state index in [0.29, 0.717) is 47.9 Å². The van der Waals surface area contributed by atoms with Gasteiger partial charge in [0.1, 0.15) is 12.1 Å². The van der Waals surface area contributed by atoms with Crippen molar-refractivity contribution in [3.8, 4) is 0 Å². The number of amides is 2. The molecule has 0 unspecified atom stereocenters. The molecule has 4 aliphatic rings. The second-order valence-corrected chi connectivity index (χ2v) is 12.7. The second kappa shape index (κ2) is 12.4. The van der Waals surface area contributed by atoms with Crippen LogP contribution >= 0.6 is 23.2 Å². The predicted octanol–water partition coefficient (Wildman–Crippen LogP) is 5.69. The highest BCUT2D eigenvalue weighted by Crippen LogP contribution is 2.55.